The molecule has 1 saturated heterocycles. The smallest absolute Gasteiger partial charge is 0.308 e. The molecule has 1 aliphatic heterocycles. The van der Waals surface area contributed by atoms with Gasteiger partial charge in [0.25, 0.3) is 0 Å². The molecule has 1 fully saturated rings. The van der Waals surface area contributed by atoms with Crippen LogP contribution in [0.15, 0.2) is 0 Å². The zero-order valence-corrected chi connectivity index (χ0v) is 8.42. The second kappa shape index (κ2) is 4.61. The molecule has 1 rings (SSSR count). The van der Waals surface area contributed by atoms with Crippen LogP contribution in [0.1, 0.15) is 33.1 Å². The summed E-state index contributed by atoms with van der Waals surface area (Å²) in [5, 5.41) is 12.4. The summed E-state index contributed by atoms with van der Waals surface area (Å²) in [6.07, 6.45) is 3.35. The fourth-order valence-electron chi connectivity index (χ4n) is 2.11. The van der Waals surface area contributed by atoms with Crippen molar-refractivity contribution in [3.05, 3.63) is 0 Å². The third kappa shape index (κ3) is 2.69. The zero-order chi connectivity index (χ0) is 9.84. The van der Waals surface area contributed by atoms with E-state index in [9.17, 15) is 4.79 Å². The van der Waals surface area contributed by atoms with Crippen molar-refractivity contribution >= 4 is 5.97 Å². The van der Waals surface area contributed by atoms with Gasteiger partial charge in [-0.25, -0.2) is 0 Å². The Hall–Kier alpha value is -0.570. The lowest BCUT2D eigenvalue weighted by Gasteiger charge is -2.30. The first-order valence-electron chi connectivity index (χ1n) is 5.09. The fraction of sp³-hybridized carbons (Fsp3) is 0.900. The van der Waals surface area contributed by atoms with Gasteiger partial charge in [0, 0.05) is 6.04 Å². The summed E-state index contributed by atoms with van der Waals surface area (Å²) in [7, 11) is 0. The van der Waals surface area contributed by atoms with Crippen molar-refractivity contribution in [2.75, 3.05) is 6.54 Å². The Morgan fingerprint density at radius 2 is 2.15 bits per heavy atom. The van der Waals surface area contributed by atoms with Gasteiger partial charge in [-0.1, -0.05) is 20.3 Å². The van der Waals surface area contributed by atoms with E-state index in [1.807, 2.05) is 13.8 Å². The number of piperidine rings is 1. The van der Waals surface area contributed by atoms with E-state index in [0.717, 1.165) is 19.4 Å². The van der Waals surface area contributed by atoms with Crippen LogP contribution in [0.2, 0.25) is 0 Å². The summed E-state index contributed by atoms with van der Waals surface area (Å²) in [6, 6.07) is 0.186. The van der Waals surface area contributed by atoms with Crippen LogP contribution in [0.25, 0.3) is 0 Å². The normalized spacial score (nSPS) is 25.9. The molecule has 0 radical (unpaired) electrons. The Kier molecular flexibility index (Phi) is 3.72. The maximum absolute atomic E-state index is 11.0. The SMILES string of the molecule is CC(C)C(C(=O)O)C1CCCCN1. The fourth-order valence-corrected chi connectivity index (χ4v) is 2.11. The minimum atomic E-state index is -0.658. The average molecular weight is 185 g/mol. The van der Waals surface area contributed by atoms with Gasteiger partial charge in [0.2, 0.25) is 0 Å². The molecule has 1 aliphatic rings. The molecular formula is C10H19NO2. The monoisotopic (exact) mass is 185 g/mol. The quantitative estimate of drug-likeness (QED) is 0.700. The Bertz CT molecular complexity index is 174. The first kappa shape index (κ1) is 10.5. The number of aliphatic carboxylic acids is 1. The summed E-state index contributed by atoms with van der Waals surface area (Å²) >= 11 is 0. The number of carboxylic acid groups (broad SMARTS) is 1. The van der Waals surface area contributed by atoms with Crippen LogP contribution in [0, 0.1) is 11.8 Å². The molecule has 13 heavy (non-hydrogen) atoms. The Balaban J connectivity index is 2.57. The molecular weight excluding hydrogens is 166 g/mol. The van der Waals surface area contributed by atoms with Gasteiger partial charge >= 0.3 is 5.97 Å². The molecule has 0 amide bonds. The Morgan fingerprint density at radius 1 is 1.46 bits per heavy atom. The predicted molar refractivity (Wildman–Crippen MR) is 51.6 cm³/mol. The van der Waals surface area contributed by atoms with Gasteiger partial charge in [0.05, 0.1) is 5.92 Å². The van der Waals surface area contributed by atoms with Gasteiger partial charge in [-0.05, 0) is 25.3 Å². The van der Waals surface area contributed by atoms with Crippen molar-refractivity contribution in [3.63, 3.8) is 0 Å². The molecule has 2 unspecified atom stereocenters. The highest BCUT2D eigenvalue weighted by Gasteiger charge is 2.31. The summed E-state index contributed by atoms with van der Waals surface area (Å²) in [6.45, 7) is 4.94. The van der Waals surface area contributed by atoms with Gasteiger partial charge in [0.15, 0.2) is 0 Å². The minimum Gasteiger partial charge on any atom is -0.481 e. The van der Waals surface area contributed by atoms with Crippen LogP contribution in [-0.4, -0.2) is 23.7 Å². The average Bonchev–Trinajstić information content (AvgIpc) is 2.04. The summed E-state index contributed by atoms with van der Waals surface area (Å²) in [4.78, 5) is 11.0. The summed E-state index contributed by atoms with van der Waals surface area (Å²) in [5.74, 6) is -0.664. The van der Waals surface area contributed by atoms with Crippen LogP contribution >= 0.6 is 0 Å². The van der Waals surface area contributed by atoms with Crippen LogP contribution < -0.4 is 5.32 Å². The van der Waals surface area contributed by atoms with Gasteiger partial charge < -0.3 is 10.4 Å². The van der Waals surface area contributed by atoms with Crippen molar-refractivity contribution < 1.29 is 9.90 Å². The molecule has 0 bridgehead atoms. The number of carbonyl (C=O) groups is 1. The maximum Gasteiger partial charge on any atom is 0.308 e. The van der Waals surface area contributed by atoms with Crippen molar-refractivity contribution in [3.8, 4) is 0 Å². The Morgan fingerprint density at radius 3 is 2.54 bits per heavy atom. The van der Waals surface area contributed by atoms with Crippen LogP contribution in [0.4, 0.5) is 0 Å². The standard InChI is InChI=1S/C10H19NO2/c1-7(2)9(10(12)13)8-5-3-4-6-11-8/h7-9,11H,3-6H2,1-2H3,(H,12,13). The van der Waals surface area contributed by atoms with E-state index >= 15 is 0 Å². The molecule has 0 saturated carbocycles. The number of hydrogen-bond donors (Lipinski definition) is 2. The topological polar surface area (TPSA) is 49.3 Å². The molecule has 0 aromatic rings. The molecule has 0 aliphatic carbocycles. The van der Waals surface area contributed by atoms with Crippen molar-refractivity contribution in [2.45, 2.75) is 39.2 Å². The van der Waals surface area contributed by atoms with Gasteiger partial charge in [-0.2, -0.15) is 0 Å². The highest BCUT2D eigenvalue weighted by atomic mass is 16.4. The molecule has 0 spiro atoms. The Labute approximate surface area is 79.5 Å². The van der Waals surface area contributed by atoms with Gasteiger partial charge in [-0.15, -0.1) is 0 Å². The molecule has 3 nitrogen and oxygen atoms in total. The highest BCUT2D eigenvalue weighted by Crippen LogP contribution is 2.22. The first-order chi connectivity index (χ1) is 6.13. The lowest BCUT2D eigenvalue weighted by molar-refractivity contribution is -0.144. The third-order valence-corrected chi connectivity index (χ3v) is 2.79. The number of nitrogens with one attached hydrogen (secondary N) is 1. The largest absolute Gasteiger partial charge is 0.481 e. The highest BCUT2D eigenvalue weighted by molar-refractivity contribution is 5.71. The van der Waals surface area contributed by atoms with E-state index in [1.165, 1.54) is 6.42 Å². The molecule has 76 valence electrons. The molecule has 0 aromatic heterocycles. The van der Waals surface area contributed by atoms with Gasteiger partial charge in [0.1, 0.15) is 0 Å². The van der Waals surface area contributed by atoms with Crippen LogP contribution in [0.3, 0.4) is 0 Å². The first-order valence-corrected chi connectivity index (χ1v) is 5.09. The second-order valence-corrected chi connectivity index (χ2v) is 4.16. The van der Waals surface area contributed by atoms with E-state index in [1.54, 1.807) is 0 Å². The molecule has 0 aromatic carbocycles. The molecule has 2 N–H and O–H groups in total. The van der Waals surface area contributed by atoms with Crippen molar-refractivity contribution in [1.29, 1.82) is 0 Å². The molecule has 3 heteroatoms. The summed E-state index contributed by atoms with van der Waals surface area (Å²) in [5.41, 5.74) is 0. The molecule has 2 atom stereocenters. The van der Waals surface area contributed by atoms with E-state index in [4.69, 9.17) is 5.11 Å². The maximum atomic E-state index is 11.0. The van der Waals surface area contributed by atoms with Crippen LogP contribution in [0.5, 0.6) is 0 Å². The predicted octanol–water partition coefficient (Wildman–Crippen LogP) is 1.49. The number of carboxylic acids is 1. The molecule has 1 heterocycles. The minimum absolute atomic E-state index is 0.186. The van der Waals surface area contributed by atoms with Crippen LogP contribution in [-0.2, 0) is 4.79 Å². The third-order valence-electron chi connectivity index (χ3n) is 2.79. The second-order valence-electron chi connectivity index (χ2n) is 4.16. The number of hydrogen-bond acceptors (Lipinski definition) is 2. The zero-order valence-electron chi connectivity index (χ0n) is 8.42. The van der Waals surface area contributed by atoms with E-state index in [-0.39, 0.29) is 17.9 Å². The summed E-state index contributed by atoms with van der Waals surface area (Å²) < 4.78 is 0. The van der Waals surface area contributed by atoms with E-state index in [2.05, 4.69) is 5.32 Å². The van der Waals surface area contributed by atoms with E-state index < -0.39 is 5.97 Å². The van der Waals surface area contributed by atoms with Gasteiger partial charge in [-0.3, -0.25) is 4.79 Å². The van der Waals surface area contributed by atoms with Crippen molar-refractivity contribution in [1.82, 2.24) is 5.32 Å². The van der Waals surface area contributed by atoms with Crippen molar-refractivity contribution in [2.24, 2.45) is 11.8 Å². The lowest BCUT2D eigenvalue weighted by atomic mass is 9.84. The van der Waals surface area contributed by atoms with E-state index in [0.29, 0.717) is 0 Å². The lowest BCUT2D eigenvalue weighted by Crippen LogP contribution is -2.45. The number of rotatable bonds is 3.